The molecule has 3 rings (SSSR count). The average Bonchev–Trinajstić information content (AvgIpc) is 2.98. The molecule has 1 saturated carbocycles. The van der Waals surface area contributed by atoms with Crippen LogP contribution in [0.3, 0.4) is 0 Å². The van der Waals surface area contributed by atoms with E-state index >= 15 is 0 Å². The molecule has 0 unspecified atom stereocenters. The van der Waals surface area contributed by atoms with E-state index in [0.29, 0.717) is 5.92 Å². The molecule has 1 heterocycles. The summed E-state index contributed by atoms with van der Waals surface area (Å²) in [6.45, 7) is 3.97. The maximum absolute atomic E-state index is 13.6. The third-order valence-corrected chi connectivity index (χ3v) is 5.31. The summed E-state index contributed by atoms with van der Waals surface area (Å²) in [7, 11) is 0. The van der Waals surface area contributed by atoms with Gasteiger partial charge in [0.2, 0.25) is 5.91 Å². The highest BCUT2D eigenvalue weighted by atomic mass is 19.1. The van der Waals surface area contributed by atoms with Crippen LogP contribution >= 0.6 is 0 Å². The first-order chi connectivity index (χ1) is 10.1. The summed E-state index contributed by atoms with van der Waals surface area (Å²) >= 11 is 0. The lowest BCUT2D eigenvalue weighted by molar-refractivity contribution is -0.138. The minimum atomic E-state index is -0.470. The Kier molecular flexibility index (Phi) is 4.01. The normalized spacial score (nSPS) is 22.5. The lowest BCUT2D eigenvalue weighted by Gasteiger charge is -2.38. The number of benzene rings is 1. The van der Waals surface area contributed by atoms with Crippen LogP contribution in [0.25, 0.3) is 0 Å². The van der Waals surface area contributed by atoms with Crippen molar-refractivity contribution in [2.24, 2.45) is 5.92 Å². The molecule has 1 aromatic rings. The van der Waals surface area contributed by atoms with Crippen molar-refractivity contribution in [3.8, 4) is 0 Å². The fourth-order valence-electron chi connectivity index (χ4n) is 3.91. The average molecular weight is 289 g/mol. The molecule has 0 aromatic heterocycles. The van der Waals surface area contributed by atoms with Gasteiger partial charge in [-0.1, -0.05) is 31.9 Å². The first-order valence-corrected chi connectivity index (χ1v) is 8.17. The van der Waals surface area contributed by atoms with E-state index in [1.807, 2.05) is 11.0 Å². The minimum Gasteiger partial charge on any atom is -0.342 e. The van der Waals surface area contributed by atoms with Crippen molar-refractivity contribution in [3.05, 3.63) is 35.6 Å². The zero-order valence-electron chi connectivity index (χ0n) is 12.8. The molecule has 0 bridgehead atoms. The summed E-state index contributed by atoms with van der Waals surface area (Å²) in [5, 5.41) is 0. The van der Waals surface area contributed by atoms with Gasteiger partial charge in [-0.2, -0.15) is 0 Å². The quantitative estimate of drug-likeness (QED) is 0.808. The standard InChI is InChI=1S/C18H24FNO/c1-14-7-11-20(12-8-14)17(21)18(9-2-3-10-18)15-5-4-6-16(19)13-15/h4-6,13-14H,2-3,7-12H2,1H3. The topological polar surface area (TPSA) is 20.3 Å². The van der Waals surface area contributed by atoms with E-state index in [4.69, 9.17) is 0 Å². The fourth-order valence-corrected chi connectivity index (χ4v) is 3.91. The first-order valence-electron chi connectivity index (χ1n) is 8.17. The molecule has 1 aliphatic heterocycles. The summed E-state index contributed by atoms with van der Waals surface area (Å²) in [4.78, 5) is 15.2. The third-order valence-electron chi connectivity index (χ3n) is 5.31. The molecule has 1 aromatic carbocycles. The minimum absolute atomic E-state index is 0.234. The van der Waals surface area contributed by atoms with E-state index in [1.54, 1.807) is 12.1 Å². The van der Waals surface area contributed by atoms with Crippen LogP contribution in [0, 0.1) is 11.7 Å². The van der Waals surface area contributed by atoms with Crippen LogP contribution in [-0.4, -0.2) is 23.9 Å². The Labute approximate surface area is 126 Å². The predicted octanol–water partition coefficient (Wildman–Crippen LogP) is 3.90. The lowest BCUT2D eigenvalue weighted by atomic mass is 9.77. The van der Waals surface area contributed by atoms with Gasteiger partial charge in [-0.05, 0) is 49.3 Å². The zero-order chi connectivity index (χ0) is 14.9. The van der Waals surface area contributed by atoms with Gasteiger partial charge in [0.25, 0.3) is 0 Å². The number of piperidine rings is 1. The molecular weight excluding hydrogens is 265 g/mol. The van der Waals surface area contributed by atoms with E-state index in [0.717, 1.165) is 57.2 Å². The number of carbonyl (C=O) groups is 1. The van der Waals surface area contributed by atoms with Crippen molar-refractivity contribution in [2.75, 3.05) is 13.1 Å². The number of hydrogen-bond acceptors (Lipinski definition) is 1. The van der Waals surface area contributed by atoms with Gasteiger partial charge in [0, 0.05) is 13.1 Å². The molecule has 0 spiro atoms. The second kappa shape index (κ2) is 5.78. The van der Waals surface area contributed by atoms with Gasteiger partial charge in [-0.15, -0.1) is 0 Å². The molecule has 0 N–H and O–H groups in total. The van der Waals surface area contributed by atoms with Crippen molar-refractivity contribution in [2.45, 2.75) is 50.9 Å². The largest absolute Gasteiger partial charge is 0.342 e. The Hall–Kier alpha value is -1.38. The SMILES string of the molecule is CC1CCN(C(=O)C2(c3cccc(F)c3)CCCC2)CC1. The maximum Gasteiger partial charge on any atom is 0.233 e. The molecule has 3 heteroatoms. The number of likely N-dealkylation sites (tertiary alicyclic amines) is 1. The van der Waals surface area contributed by atoms with Gasteiger partial charge in [0.15, 0.2) is 0 Å². The Morgan fingerprint density at radius 1 is 1.24 bits per heavy atom. The molecule has 2 nitrogen and oxygen atoms in total. The Morgan fingerprint density at radius 3 is 2.52 bits per heavy atom. The number of hydrogen-bond donors (Lipinski definition) is 0. The Morgan fingerprint density at radius 2 is 1.90 bits per heavy atom. The second-order valence-corrected chi connectivity index (χ2v) is 6.77. The maximum atomic E-state index is 13.6. The van der Waals surface area contributed by atoms with E-state index in [-0.39, 0.29) is 11.7 Å². The zero-order valence-corrected chi connectivity index (χ0v) is 12.8. The van der Waals surface area contributed by atoms with Crippen molar-refractivity contribution in [1.29, 1.82) is 0 Å². The van der Waals surface area contributed by atoms with Gasteiger partial charge in [-0.25, -0.2) is 4.39 Å². The van der Waals surface area contributed by atoms with Crippen molar-refractivity contribution >= 4 is 5.91 Å². The molecule has 1 saturated heterocycles. The van der Waals surface area contributed by atoms with Crippen LogP contribution in [-0.2, 0) is 10.2 Å². The summed E-state index contributed by atoms with van der Waals surface area (Å²) in [6, 6.07) is 6.68. The van der Waals surface area contributed by atoms with Gasteiger partial charge in [-0.3, -0.25) is 4.79 Å². The molecule has 2 aliphatic rings. The molecule has 1 amide bonds. The van der Waals surface area contributed by atoms with Crippen LogP contribution in [0.5, 0.6) is 0 Å². The molecule has 0 atom stereocenters. The third kappa shape index (κ3) is 2.70. The number of carbonyl (C=O) groups excluding carboxylic acids is 1. The highest BCUT2D eigenvalue weighted by Gasteiger charge is 2.45. The fraction of sp³-hybridized carbons (Fsp3) is 0.611. The van der Waals surface area contributed by atoms with Crippen molar-refractivity contribution in [3.63, 3.8) is 0 Å². The molecular formula is C18H24FNO. The van der Waals surface area contributed by atoms with Gasteiger partial charge < -0.3 is 4.90 Å². The Balaban J connectivity index is 1.88. The Bertz CT molecular complexity index is 514. The van der Waals surface area contributed by atoms with E-state index in [1.165, 1.54) is 6.07 Å². The number of nitrogens with zero attached hydrogens (tertiary/aromatic N) is 1. The van der Waals surface area contributed by atoms with Crippen LogP contribution in [0.2, 0.25) is 0 Å². The van der Waals surface area contributed by atoms with E-state index < -0.39 is 5.41 Å². The second-order valence-electron chi connectivity index (χ2n) is 6.77. The molecule has 114 valence electrons. The monoisotopic (exact) mass is 289 g/mol. The van der Waals surface area contributed by atoms with Gasteiger partial charge >= 0.3 is 0 Å². The first kappa shape index (κ1) is 14.6. The molecule has 21 heavy (non-hydrogen) atoms. The highest BCUT2D eigenvalue weighted by Crippen LogP contribution is 2.43. The van der Waals surface area contributed by atoms with Crippen molar-refractivity contribution < 1.29 is 9.18 Å². The summed E-state index contributed by atoms with van der Waals surface area (Å²) in [5.74, 6) is 0.707. The summed E-state index contributed by atoms with van der Waals surface area (Å²) in [6.07, 6.45) is 6.03. The molecule has 2 fully saturated rings. The lowest BCUT2D eigenvalue weighted by Crippen LogP contribution is -2.48. The van der Waals surface area contributed by atoms with Crippen LogP contribution in [0.15, 0.2) is 24.3 Å². The predicted molar refractivity (Wildman–Crippen MR) is 81.5 cm³/mol. The van der Waals surface area contributed by atoms with Crippen molar-refractivity contribution in [1.82, 2.24) is 4.90 Å². The van der Waals surface area contributed by atoms with Crippen LogP contribution in [0.4, 0.5) is 4.39 Å². The molecule has 0 radical (unpaired) electrons. The smallest absolute Gasteiger partial charge is 0.233 e. The molecule has 1 aliphatic carbocycles. The van der Waals surface area contributed by atoms with Gasteiger partial charge in [0.1, 0.15) is 5.82 Å². The number of amides is 1. The van der Waals surface area contributed by atoms with Crippen LogP contribution in [0.1, 0.15) is 51.0 Å². The van der Waals surface area contributed by atoms with E-state index in [9.17, 15) is 9.18 Å². The number of halogens is 1. The summed E-state index contributed by atoms with van der Waals surface area (Å²) in [5.41, 5.74) is 0.409. The summed E-state index contributed by atoms with van der Waals surface area (Å²) < 4.78 is 13.6. The number of rotatable bonds is 2. The van der Waals surface area contributed by atoms with Gasteiger partial charge in [0.05, 0.1) is 5.41 Å². The van der Waals surface area contributed by atoms with Crippen LogP contribution < -0.4 is 0 Å². The van der Waals surface area contributed by atoms with E-state index in [2.05, 4.69) is 6.92 Å². The highest BCUT2D eigenvalue weighted by molar-refractivity contribution is 5.88.